The largest absolute Gasteiger partial charge is 0.388 e. The van der Waals surface area contributed by atoms with Gasteiger partial charge in [0.15, 0.2) is 0 Å². The first kappa shape index (κ1) is 13.8. The number of nitrogens with zero attached hydrogens (tertiary/aromatic N) is 1. The van der Waals surface area contributed by atoms with Crippen LogP contribution in [0.15, 0.2) is 48.7 Å². The zero-order chi connectivity index (χ0) is 13.9. The van der Waals surface area contributed by atoms with E-state index in [2.05, 4.69) is 31.8 Å². The van der Waals surface area contributed by atoms with E-state index in [-0.39, 0.29) is 5.41 Å². The fourth-order valence-corrected chi connectivity index (χ4v) is 2.30. The molecule has 2 aromatic rings. The van der Waals surface area contributed by atoms with Gasteiger partial charge in [-0.2, -0.15) is 0 Å². The van der Waals surface area contributed by atoms with Gasteiger partial charge in [0.25, 0.3) is 0 Å². The van der Waals surface area contributed by atoms with Gasteiger partial charge >= 0.3 is 0 Å². The van der Waals surface area contributed by atoms with Gasteiger partial charge in [-0.25, -0.2) is 0 Å². The zero-order valence-corrected chi connectivity index (χ0v) is 11.8. The molecule has 0 spiro atoms. The lowest BCUT2D eigenvalue weighted by molar-refractivity contribution is 0.174. The fourth-order valence-electron chi connectivity index (χ4n) is 2.30. The smallest absolute Gasteiger partial charge is 0.0848 e. The quantitative estimate of drug-likeness (QED) is 0.908. The average molecular weight is 255 g/mol. The standard InChI is InChI=1S/C17H21NO/c1-17(2,3)15-10-5-4-9-14(15)16(19)12-13-8-6-7-11-18-13/h4-11,16,19H,12H2,1-3H3. The topological polar surface area (TPSA) is 33.1 Å². The van der Waals surface area contributed by atoms with E-state index in [0.717, 1.165) is 11.3 Å². The Labute approximate surface area is 115 Å². The number of aromatic nitrogens is 1. The summed E-state index contributed by atoms with van der Waals surface area (Å²) in [7, 11) is 0. The Balaban J connectivity index is 2.27. The summed E-state index contributed by atoms with van der Waals surface area (Å²) in [6.07, 6.45) is 1.80. The first-order valence-corrected chi connectivity index (χ1v) is 6.66. The van der Waals surface area contributed by atoms with Crippen molar-refractivity contribution in [1.82, 2.24) is 4.98 Å². The van der Waals surface area contributed by atoms with Gasteiger partial charge in [-0.05, 0) is 28.7 Å². The van der Waals surface area contributed by atoms with Crippen molar-refractivity contribution in [1.29, 1.82) is 0 Å². The summed E-state index contributed by atoms with van der Waals surface area (Å²) in [5.74, 6) is 0. The Hall–Kier alpha value is -1.67. The maximum atomic E-state index is 10.5. The van der Waals surface area contributed by atoms with Crippen molar-refractivity contribution in [3.8, 4) is 0 Å². The van der Waals surface area contributed by atoms with Gasteiger partial charge in [0.1, 0.15) is 0 Å². The fraction of sp³-hybridized carbons (Fsp3) is 0.353. The Bertz CT molecular complexity index is 528. The molecular formula is C17H21NO. The van der Waals surface area contributed by atoms with E-state index in [1.807, 2.05) is 36.4 Å². The second kappa shape index (κ2) is 5.54. The van der Waals surface area contributed by atoms with Crippen LogP contribution >= 0.6 is 0 Å². The molecule has 100 valence electrons. The SMILES string of the molecule is CC(C)(C)c1ccccc1C(O)Cc1ccccn1. The first-order valence-electron chi connectivity index (χ1n) is 6.66. The van der Waals surface area contributed by atoms with Crippen molar-refractivity contribution < 1.29 is 5.11 Å². The van der Waals surface area contributed by atoms with Crippen molar-refractivity contribution in [2.75, 3.05) is 0 Å². The molecule has 1 aromatic heterocycles. The molecule has 0 saturated carbocycles. The van der Waals surface area contributed by atoms with E-state index in [1.165, 1.54) is 5.56 Å². The molecule has 0 radical (unpaired) electrons. The van der Waals surface area contributed by atoms with Crippen LogP contribution in [-0.4, -0.2) is 10.1 Å². The predicted molar refractivity (Wildman–Crippen MR) is 78.0 cm³/mol. The van der Waals surface area contributed by atoms with Gasteiger partial charge in [0.2, 0.25) is 0 Å². The third kappa shape index (κ3) is 3.42. The van der Waals surface area contributed by atoms with Gasteiger partial charge < -0.3 is 5.11 Å². The normalized spacial score (nSPS) is 13.3. The third-order valence-corrected chi connectivity index (χ3v) is 3.26. The van der Waals surface area contributed by atoms with Crippen LogP contribution in [0.25, 0.3) is 0 Å². The molecule has 2 nitrogen and oxygen atoms in total. The number of rotatable bonds is 3. The minimum Gasteiger partial charge on any atom is -0.388 e. The Morgan fingerprint density at radius 1 is 1.05 bits per heavy atom. The van der Waals surface area contributed by atoms with Crippen LogP contribution in [0.4, 0.5) is 0 Å². The molecule has 0 aliphatic carbocycles. The molecule has 1 aromatic carbocycles. The van der Waals surface area contributed by atoms with Crippen LogP contribution < -0.4 is 0 Å². The number of pyridine rings is 1. The second-order valence-electron chi connectivity index (χ2n) is 5.88. The number of benzene rings is 1. The highest BCUT2D eigenvalue weighted by Crippen LogP contribution is 2.30. The molecule has 1 unspecified atom stereocenters. The number of aliphatic hydroxyl groups is 1. The molecule has 1 atom stereocenters. The molecule has 0 amide bonds. The number of aliphatic hydroxyl groups excluding tert-OH is 1. The summed E-state index contributed by atoms with van der Waals surface area (Å²) < 4.78 is 0. The second-order valence-corrected chi connectivity index (χ2v) is 5.88. The lowest BCUT2D eigenvalue weighted by atomic mass is 9.82. The zero-order valence-electron chi connectivity index (χ0n) is 11.8. The van der Waals surface area contributed by atoms with Crippen LogP contribution in [-0.2, 0) is 11.8 Å². The van der Waals surface area contributed by atoms with Crippen LogP contribution in [0.2, 0.25) is 0 Å². The number of hydrogen-bond acceptors (Lipinski definition) is 2. The maximum absolute atomic E-state index is 10.5. The summed E-state index contributed by atoms with van der Waals surface area (Å²) in [4.78, 5) is 4.28. The van der Waals surface area contributed by atoms with Gasteiger partial charge in [-0.15, -0.1) is 0 Å². The van der Waals surface area contributed by atoms with Crippen LogP contribution in [0.5, 0.6) is 0 Å². The van der Waals surface area contributed by atoms with E-state index in [1.54, 1.807) is 6.20 Å². The molecule has 0 aliphatic rings. The third-order valence-electron chi connectivity index (χ3n) is 3.26. The minimum absolute atomic E-state index is 0.0295. The van der Waals surface area contributed by atoms with Gasteiger partial charge in [-0.1, -0.05) is 51.1 Å². The maximum Gasteiger partial charge on any atom is 0.0848 e. The molecular weight excluding hydrogens is 234 g/mol. The average Bonchev–Trinajstić information content (AvgIpc) is 2.39. The summed E-state index contributed by atoms with van der Waals surface area (Å²) in [6.45, 7) is 6.50. The highest BCUT2D eigenvalue weighted by Gasteiger charge is 2.21. The number of hydrogen-bond donors (Lipinski definition) is 1. The summed E-state index contributed by atoms with van der Waals surface area (Å²) >= 11 is 0. The summed E-state index contributed by atoms with van der Waals surface area (Å²) in [5.41, 5.74) is 3.14. The first-order chi connectivity index (χ1) is 8.98. The van der Waals surface area contributed by atoms with Crippen LogP contribution in [0.3, 0.4) is 0 Å². The molecule has 0 fully saturated rings. The highest BCUT2D eigenvalue weighted by atomic mass is 16.3. The molecule has 2 rings (SSSR count). The van der Waals surface area contributed by atoms with Crippen molar-refractivity contribution in [2.45, 2.75) is 38.7 Å². The molecule has 1 N–H and O–H groups in total. The molecule has 1 heterocycles. The summed E-state index contributed by atoms with van der Waals surface area (Å²) in [5, 5.41) is 10.5. The molecule has 0 saturated heterocycles. The van der Waals surface area contributed by atoms with Gasteiger partial charge in [0.05, 0.1) is 6.10 Å². The highest BCUT2D eigenvalue weighted by molar-refractivity contribution is 5.35. The molecule has 19 heavy (non-hydrogen) atoms. The predicted octanol–water partition coefficient (Wildman–Crippen LogP) is 3.66. The van der Waals surface area contributed by atoms with E-state index < -0.39 is 6.10 Å². The van der Waals surface area contributed by atoms with E-state index >= 15 is 0 Å². The van der Waals surface area contributed by atoms with Crippen molar-refractivity contribution in [2.24, 2.45) is 0 Å². The lowest BCUT2D eigenvalue weighted by Gasteiger charge is -2.25. The molecule has 0 aliphatic heterocycles. The van der Waals surface area contributed by atoms with Crippen LogP contribution in [0.1, 0.15) is 43.7 Å². The van der Waals surface area contributed by atoms with Crippen molar-refractivity contribution >= 4 is 0 Å². The molecule has 2 heteroatoms. The van der Waals surface area contributed by atoms with E-state index in [0.29, 0.717) is 6.42 Å². The van der Waals surface area contributed by atoms with Crippen molar-refractivity contribution in [3.05, 3.63) is 65.5 Å². The Morgan fingerprint density at radius 3 is 2.37 bits per heavy atom. The Morgan fingerprint density at radius 2 is 1.74 bits per heavy atom. The summed E-state index contributed by atoms with van der Waals surface area (Å²) in [6, 6.07) is 13.9. The van der Waals surface area contributed by atoms with Crippen LogP contribution in [0, 0.1) is 0 Å². The van der Waals surface area contributed by atoms with Gasteiger partial charge in [-0.3, -0.25) is 4.98 Å². The van der Waals surface area contributed by atoms with E-state index in [4.69, 9.17) is 0 Å². The minimum atomic E-state index is -0.509. The monoisotopic (exact) mass is 255 g/mol. The van der Waals surface area contributed by atoms with E-state index in [9.17, 15) is 5.11 Å². The van der Waals surface area contributed by atoms with Crippen molar-refractivity contribution in [3.63, 3.8) is 0 Å². The van der Waals surface area contributed by atoms with Gasteiger partial charge in [0, 0.05) is 18.3 Å². The molecule has 0 bridgehead atoms. The Kier molecular flexibility index (Phi) is 4.01. The lowest BCUT2D eigenvalue weighted by Crippen LogP contribution is -2.17.